The Labute approximate surface area is 168 Å². The first-order valence-corrected chi connectivity index (χ1v) is 10.0. The molecule has 0 aliphatic heterocycles. The molecule has 0 aliphatic rings. The third-order valence-electron chi connectivity index (χ3n) is 4.54. The average molecular weight is 385 g/mol. The summed E-state index contributed by atoms with van der Waals surface area (Å²) in [6.07, 6.45) is 0. The molecule has 0 fully saturated rings. The number of nitrogens with one attached hydrogen (secondary N) is 1. The molecular formula is C24H20N2OS. The maximum atomic E-state index is 12.2. The van der Waals surface area contributed by atoms with E-state index in [1.54, 1.807) is 11.3 Å². The highest BCUT2D eigenvalue weighted by atomic mass is 32.1. The van der Waals surface area contributed by atoms with Crippen molar-refractivity contribution in [3.05, 3.63) is 101 Å². The maximum absolute atomic E-state index is 12.2. The molecule has 3 nitrogen and oxygen atoms in total. The van der Waals surface area contributed by atoms with Crippen LogP contribution in [-0.2, 0) is 6.54 Å². The first-order chi connectivity index (χ1) is 13.7. The molecule has 1 heterocycles. The van der Waals surface area contributed by atoms with E-state index in [0.29, 0.717) is 12.1 Å². The average Bonchev–Trinajstić information content (AvgIpc) is 3.24. The van der Waals surface area contributed by atoms with Crippen molar-refractivity contribution in [1.82, 2.24) is 10.3 Å². The van der Waals surface area contributed by atoms with Gasteiger partial charge >= 0.3 is 0 Å². The second kappa shape index (κ2) is 8.19. The topological polar surface area (TPSA) is 42.0 Å². The summed E-state index contributed by atoms with van der Waals surface area (Å²) in [4.78, 5) is 17.0. The highest BCUT2D eigenvalue weighted by Crippen LogP contribution is 2.28. The molecule has 4 aromatic rings. The normalized spacial score (nSPS) is 10.6. The molecule has 0 atom stereocenters. The molecule has 138 valence electrons. The monoisotopic (exact) mass is 384 g/mol. The van der Waals surface area contributed by atoms with Crippen LogP contribution in [-0.4, -0.2) is 10.9 Å². The summed E-state index contributed by atoms with van der Waals surface area (Å²) in [5, 5.41) is 6.05. The first kappa shape index (κ1) is 18.1. The fraction of sp³-hybridized carbons (Fsp3) is 0.0833. The lowest BCUT2D eigenvalue weighted by molar-refractivity contribution is 0.0951. The highest BCUT2D eigenvalue weighted by Gasteiger charge is 2.08. The van der Waals surface area contributed by atoms with Gasteiger partial charge in [0.05, 0.1) is 5.69 Å². The van der Waals surface area contributed by atoms with Crippen molar-refractivity contribution in [2.75, 3.05) is 0 Å². The van der Waals surface area contributed by atoms with Crippen molar-refractivity contribution in [1.29, 1.82) is 0 Å². The number of hydrogen-bond donors (Lipinski definition) is 1. The molecule has 0 unspecified atom stereocenters. The van der Waals surface area contributed by atoms with Crippen LogP contribution in [0.15, 0.2) is 84.2 Å². The van der Waals surface area contributed by atoms with Gasteiger partial charge in [-0.05, 0) is 24.6 Å². The number of aryl methyl sites for hydroxylation is 1. The Hall–Kier alpha value is -3.24. The molecule has 0 saturated carbocycles. The van der Waals surface area contributed by atoms with Crippen LogP contribution in [0.1, 0.15) is 21.5 Å². The number of rotatable bonds is 5. The summed E-state index contributed by atoms with van der Waals surface area (Å²) in [5.74, 6) is -0.0588. The largest absolute Gasteiger partial charge is 0.348 e. The summed E-state index contributed by atoms with van der Waals surface area (Å²) in [6, 6.07) is 26.0. The fourth-order valence-corrected chi connectivity index (χ4v) is 3.74. The van der Waals surface area contributed by atoms with E-state index in [2.05, 4.69) is 35.0 Å². The highest BCUT2D eigenvalue weighted by molar-refractivity contribution is 7.13. The molecule has 0 spiro atoms. The molecule has 0 radical (unpaired) electrons. The van der Waals surface area contributed by atoms with Gasteiger partial charge in [-0.2, -0.15) is 0 Å². The summed E-state index contributed by atoms with van der Waals surface area (Å²) in [5.41, 5.74) is 6.09. The number of hydrogen-bond acceptors (Lipinski definition) is 3. The zero-order chi connectivity index (χ0) is 19.3. The van der Waals surface area contributed by atoms with Gasteiger partial charge in [0.25, 0.3) is 5.91 Å². The third kappa shape index (κ3) is 4.18. The molecule has 3 aromatic carbocycles. The lowest BCUT2D eigenvalue weighted by Gasteiger charge is -2.06. The Morgan fingerprint density at radius 3 is 2.32 bits per heavy atom. The van der Waals surface area contributed by atoms with Gasteiger partial charge in [-0.25, -0.2) is 4.98 Å². The third-order valence-corrected chi connectivity index (χ3v) is 5.43. The zero-order valence-corrected chi connectivity index (χ0v) is 16.4. The number of carbonyl (C=O) groups excluding carboxylic acids is 1. The first-order valence-electron chi connectivity index (χ1n) is 9.14. The fourth-order valence-electron chi connectivity index (χ4n) is 2.90. The van der Waals surface area contributed by atoms with Crippen LogP contribution in [0, 0.1) is 6.92 Å². The Morgan fingerprint density at radius 1 is 0.893 bits per heavy atom. The van der Waals surface area contributed by atoms with Gasteiger partial charge in [-0.1, -0.05) is 72.3 Å². The molecule has 0 bridgehead atoms. The van der Waals surface area contributed by atoms with Crippen LogP contribution in [0.5, 0.6) is 0 Å². The van der Waals surface area contributed by atoms with Crippen molar-refractivity contribution in [3.8, 4) is 21.8 Å². The van der Waals surface area contributed by atoms with E-state index in [4.69, 9.17) is 4.98 Å². The summed E-state index contributed by atoms with van der Waals surface area (Å²) in [6.45, 7) is 2.51. The number of benzene rings is 3. The lowest BCUT2D eigenvalue weighted by atomic mass is 10.1. The number of amides is 1. The Balaban J connectivity index is 1.41. The molecule has 28 heavy (non-hydrogen) atoms. The van der Waals surface area contributed by atoms with Crippen LogP contribution in [0.4, 0.5) is 0 Å². The van der Waals surface area contributed by atoms with Crippen molar-refractivity contribution in [3.63, 3.8) is 0 Å². The number of thiazole rings is 1. The summed E-state index contributed by atoms with van der Waals surface area (Å²) >= 11 is 1.64. The van der Waals surface area contributed by atoms with Gasteiger partial charge in [0, 0.05) is 28.6 Å². The number of aromatic nitrogens is 1. The second-order valence-corrected chi connectivity index (χ2v) is 7.51. The lowest BCUT2D eigenvalue weighted by Crippen LogP contribution is -2.22. The van der Waals surface area contributed by atoms with E-state index in [1.165, 1.54) is 0 Å². The van der Waals surface area contributed by atoms with E-state index < -0.39 is 0 Å². The van der Waals surface area contributed by atoms with Crippen LogP contribution < -0.4 is 5.32 Å². The van der Waals surface area contributed by atoms with Gasteiger partial charge < -0.3 is 5.32 Å². The van der Waals surface area contributed by atoms with E-state index >= 15 is 0 Å². The van der Waals surface area contributed by atoms with Gasteiger partial charge in [0.15, 0.2) is 0 Å². The molecule has 1 amide bonds. The summed E-state index contributed by atoms with van der Waals surface area (Å²) in [7, 11) is 0. The minimum atomic E-state index is -0.0588. The summed E-state index contributed by atoms with van der Waals surface area (Å²) < 4.78 is 0. The smallest absolute Gasteiger partial charge is 0.251 e. The maximum Gasteiger partial charge on any atom is 0.251 e. The Kier molecular flexibility index (Phi) is 5.31. The van der Waals surface area contributed by atoms with E-state index in [9.17, 15) is 4.79 Å². The van der Waals surface area contributed by atoms with Crippen LogP contribution in [0.25, 0.3) is 21.8 Å². The molecule has 0 aliphatic carbocycles. The number of carbonyl (C=O) groups is 1. The van der Waals surface area contributed by atoms with Crippen molar-refractivity contribution >= 4 is 17.2 Å². The van der Waals surface area contributed by atoms with Crippen molar-refractivity contribution < 1.29 is 4.79 Å². The molecular weight excluding hydrogens is 364 g/mol. The Bertz CT molecular complexity index is 1070. The van der Waals surface area contributed by atoms with E-state index in [-0.39, 0.29) is 5.91 Å². The second-order valence-electron chi connectivity index (χ2n) is 6.65. The van der Waals surface area contributed by atoms with Gasteiger partial charge in [-0.15, -0.1) is 11.3 Å². The Morgan fingerprint density at radius 2 is 1.61 bits per heavy atom. The van der Waals surface area contributed by atoms with Crippen LogP contribution in [0.2, 0.25) is 0 Å². The molecule has 0 saturated heterocycles. The molecule has 4 heteroatoms. The minimum absolute atomic E-state index is 0.0588. The molecule has 1 N–H and O–H groups in total. The molecule has 1 aromatic heterocycles. The minimum Gasteiger partial charge on any atom is -0.348 e. The quantitative estimate of drug-likeness (QED) is 0.478. The SMILES string of the molecule is Cc1ccc(C(=O)NCc2ccc(-c3nc(-c4ccccc4)cs3)cc2)cc1. The van der Waals surface area contributed by atoms with Gasteiger partial charge in [0.1, 0.15) is 5.01 Å². The van der Waals surface area contributed by atoms with E-state index in [0.717, 1.165) is 33.0 Å². The standard InChI is InChI=1S/C24H20N2OS/c1-17-7-11-20(12-8-17)23(27)25-15-18-9-13-21(14-10-18)24-26-22(16-28-24)19-5-3-2-4-6-19/h2-14,16H,15H2,1H3,(H,25,27). The molecule has 4 rings (SSSR count). The predicted octanol–water partition coefficient (Wildman–Crippen LogP) is 5.72. The van der Waals surface area contributed by atoms with Crippen molar-refractivity contribution in [2.24, 2.45) is 0 Å². The van der Waals surface area contributed by atoms with Gasteiger partial charge in [0.2, 0.25) is 0 Å². The van der Waals surface area contributed by atoms with E-state index in [1.807, 2.05) is 61.5 Å². The van der Waals surface area contributed by atoms with Gasteiger partial charge in [-0.3, -0.25) is 4.79 Å². The zero-order valence-electron chi connectivity index (χ0n) is 15.6. The van der Waals surface area contributed by atoms with Crippen molar-refractivity contribution in [2.45, 2.75) is 13.5 Å². The van der Waals surface area contributed by atoms with Crippen LogP contribution in [0.3, 0.4) is 0 Å². The predicted molar refractivity (Wildman–Crippen MR) is 115 cm³/mol. The number of nitrogens with zero attached hydrogens (tertiary/aromatic N) is 1. The van der Waals surface area contributed by atoms with Crippen LogP contribution >= 0.6 is 11.3 Å².